The largest absolute Gasteiger partial charge is 1.00 e. The number of hydrogen-bond acceptors (Lipinski definition) is 1. The van der Waals surface area contributed by atoms with Gasteiger partial charge in [0, 0.05) is 0 Å². The first-order valence-electron chi connectivity index (χ1n) is 3.35. The summed E-state index contributed by atoms with van der Waals surface area (Å²) in [5.41, 5.74) is 1.55. The van der Waals surface area contributed by atoms with Crippen LogP contribution in [0.1, 0.15) is 10.4 Å². The van der Waals surface area contributed by atoms with Crippen LogP contribution in [0.5, 0.6) is 0 Å². The number of carbonyl (C=O) groups excluding carboxylic acids is 1. The van der Waals surface area contributed by atoms with Crippen molar-refractivity contribution in [3.8, 4) is 0 Å². The van der Waals surface area contributed by atoms with E-state index in [1.165, 1.54) is 0 Å². The van der Waals surface area contributed by atoms with E-state index in [1.807, 2.05) is 12.1 Å². The molecule has 12 heavy (non-hydrogen) atoms. The first kappa shape index (κ1) is 10.3. The van der Waals surface area contributed by atoms with Gasteiger partial charge in [0.15, 0.2) is 0 Å². The van der Waals surface area contributed by atoms with Gasteiger partial charge in [0.2, 0.25) is 0 Å². The van der Waals surface area contributed by atoms with Crippen molar-refractivity contribution in [2.45, 2.75) is 0 Å². The van der Waals surface area contributed by atoms with Gasteiger partial charge >= 0.3 is 58.2 Å². The molecule has 0 aliphatic rings. The van der Waals surface area contributed by atoms with Crippen molar-refractivity contribution in [2.24, 2.45) is 0 Å². The molecule has 2 aromatic rings. The predicted molar refractivity (Wildman–Crippen MR) is 42.5 cm³/mol. The molecule has 0 saturated heterocycles. The summed E-state index contributed by atoms with van der Waals surface area (Å²) >= 11 is 0. The van der Waals surface area contributed by atoms with Crippen LogP contribution < -0.4 is 58.2 Å². The normalized spacial score (nSPS) is 9.33. The Morgan fingerprint density at radius 1 is 1.42 bits per heavy atom. The smallest absolute Gasteiger partial charge is 0.423 e. The second-order valence-electron chi connectivity index (χ2n) is 2.32. The molecule has 0 unspecified atom stereocenters. The minimum absolute atomic E-state index is 0. The van der Waals surface area contributed by atoms with E-state index in [4.69, 9.17) is 0 Å². The molecule has 1 N–H and O–H groups in total. The Bertz CT molecular complexity index is 394. The van der Waals surface area contributed by atoms with E-state index < -0.39 is 0 Å². The number of carbonyl (C=O) groups is 1. The molecule has 0 fully saturated rings. The third kappa shape index (κ3) is 1.77. The second kappa shape index (κ2) is 4.47. The molecule has 0 amide bonds. The van der Waals surface area contributed by atoms with Crippen molar-refractivity contribution in [3.05, 3.63) is 36.0 Å². The quantitative estimate of drug-likeness (QED) is 0.483. The number of para-hydroxylation sites is 1. The number of benzene rings is 1. The van der Waals surface area contributed by atoms with Crippen molar-refractivity contribution in [3.63, 3.8) is 0 Å². The van der Waals surface area contributed by atoms with Crippen LogP contribution in [0.25, 0.3) is 10.9 Å². The fourth-order valence-electron chi connectivity index (χ4n) is 1.14. The number of aromatic nitrogens is 1. The van der Waals surface area contributed by atoms with E-state index in [-0.39, 0.29) is 58.2 Å². The van der Waals surface area contributed by atoms with Crippen LogP contribution >= 0.6 is 0 Å². The fraction of sp³-hybridized carbons (Fsp3) is 0. The van der Waals surface area contributed by atoms with Crippen molar-refractivity contribution in [1.82, 2.24) is 4.98 Å². The standard InChI is InChI=1S/C9H6NO.Rb/c11-6-8-3-1-2-7-4-5-10-9(7)8;/h1-3,5-6,10H;/q-1;+1. The number of aromatic amines is 1. The van der Waals surface area contributed by atoms with Gasteiger partial charge < -0.3 is 4.98 Å². The molecule has 3 heteroatoms. The summed E-state index contributed by atoms with van der Waals surface area (Å²) in [5, 5.41) is 0.953. The molecule has 54 valence electrons. The van der Waals surface area contributed by atoms with Gasteiger partial charge in [-0.3, -0.25) is 4.79 Å². The maximum Gasteiger partial charge on any atom is 1.00 e. The third-order valence-electron chi connectivity index (χ3n) is 1.67. The second-order valence-corrected chi connectivity index (χ2v) is 2.32. The Labute approximate surface area is 119 Å². The van der Waals surface area contributed by atoms with Crippen LogP contribution in [0, 0.1) is 6.07 Å². The zero-order chi connectivity index (χ0) is 7.68. The fourth-order valence-corrected chi connectivity index (χ4v) is 1.14. The molecule has 1 heterocycles. The molecule has 2 nitrogen and oxygen atoms in total. The monoisotopic (exact) mass is 229 g/mol. The molecule has 1 aromatic carbocycles. The Hall–Kier alpha value is 0.235. The summed E-state index contributed by atoms with van der Waals surface area (Å²) in [6.45, 7) is 0. The van der Waals surface area contributed by atoms with Crippen LogP contribution in [-0.2, 0) is 0 Å². The zero-order valence-corrected chi connectivity index (χ0v) is 11.7. The Morgan fingerprint density at radius 2 is 2.25 bits per heavy atom. The van der Waals surface area contributed by atoms with Crippen molar-refractivity contribution in [1.29, 1.82) is 0 Å². The van der Waals surface area contributed by atoms with E-state index in [2.05, 4.69) is 11.1 Å². The average molecular weight is 230 g/mol. The summed E-state index contributed by atoms with van der Waals surface area (Å²) < 4.78 is 0. The zero-order valence-electron chi connectivity index (χ0n) is 6.79. The van der Waals surface area contributed by atoms with Gasteiger partial charge in [0.05, 0.1) is 0 Å². The van der Waals surface area contributed by atoms with Crippen LogP contribution in [-0.4, -0.2) is 11.3 Å². The molecular weight excluding hydrogens is 224 g/mol. The van der Waals surface area contributed by atoms with Gasteiger partial charge in [0.1, 0.15) is 6.29 Å². The number of rotatable bonds is 1. The molecule has 0 atom stereocenters. The summed E-state index contributed by atoms with van der Waals surface area (Å²) in [4.78, 5) is 13.4. The van der Waals surface area contributed by atoms with Gasteiger partial charge in [-0.2, -0.15) is 17.5 Å². The molecule has 0 saturated carbocycles. The first-order chi connectivity index (χ1) is 5.42. The average Bonchev–Trinajstić information content (AvgIpc) is 2.50. The topological polar surface area (TPSA) is 32.9 Å². The van der Waals surface area contributed by atoms with Gasteiger partial charge in [0.25, 0.3) is 0 Å². The minimum Gasteiger partial charge on any atom is -0.423 e. The maximum atomic E-state index is 10.5. The third-order valence-corrected chi connectivity index (χ3v) is 1.67. The predicted octanol–water partition coefficient (Wildman–Crippen LogP) is -1.22. The SMILES string of the molecule is O=Cc1cccc2[c-]c[nH]c12.[Rb+]. The number of fused-ring (bicyclic) bond motifs is 1. The van der Waals surface area contributed by atoms with E-state index in [9.17, 15) is 4.79 Å². The van der Waals surface area contributed by atoms with E-state index in [0.29, 0.717) is 5.56 Å². The molecule has 0 bridgehead atoms. The molecule has 0 radical (unpaired) electrons. The number of nitrogens with one attached hydrogen (secondary N) is 1. The summed E-state index contributed by atoms with van der Waals surface area (Å²) in [7, 11) is 0. The molecule has 0 spiro atoms. The molecule has 0 aliphatic carbocycles. The van der Waals surface area contributed by atoms with Gasteiger partial charge in [-0.15, -0.1) is 6.07 Å². The molecule has 0 aliphatic heterocycles. The minimum atomic E-state index is 0. The van der Waals surface area contributed by atoms with Gasteiger partial charge in [-0.1, -0.05) is 17.8 Å². The number of H-pyrrole nitrogens is 1. The van der Waals surface area contributed by atoms with E-state index in [1.54, 1.807) is 12.3 Å². The van der Waals surface area contributed by atoms with Gasteiger partial charge in [-0.05, 0) is 5.56 Å². The Balaban J connectivity index is 0.000000720. The van der Waals surface area contributed by atoms with Crippen LogP contribution in [0.15, 0.2) is 24.4 Å². The van der Waals surface area contributed by atoms with Gasteiger partial charge in [-0.25, -0.2) is 0 Å². The van der Waals surface area contributed by atoms with Crippen molar-refractivity contribution < 1.29 is 63.0 Å². The molecule has 2 rings (SSSR count). The Kier molecular flexibility index (Phi) is 3.84. The molecule has 1 aromatic heterocycles. The van der Waals surface area contributed by atoms with Crippen molar-refractivity contribution in [2.75, 3.05) is 0 Å². The summed E-state index contributed by atoms with van der Waals surface area (Å²) in [6, 6.07) is 8.52. The van der Waals surface area contributed by atoms with Crippen LogP contribution in [0.4, 0.5) is 0 Å². The molecular formula is C9H6NORb. The summed E-state index contributed by atoms with van der Waals surface area (Å²) in [6.07, 6.45) is 2.55. The first-order valence-corrected chi connectivity index (χ1v) is 3.35. The Morgan fingerprint density at radius 3 is 3.00 bits per heavy atom. The van der Waals surface area contributed by atoms with Crippen molar-refractivity contribution >= 4 is 17.2 Å². The maximum absolute atomic E-state index is 10.5. The summed E-state index contributed by atoms with van der Waals surface area (Å²) in [5.74, 6) is 0. The van der Waals surface area contributed by atoms with Crippen LogP contribution in [0.2, 0.25) is 0 Å². The number of hydrogen-bond donors (Lipinski definition) is 1. The van der Waals surface area contributed by atoms with Crippen LogP contribution in [0.3, 0.4) is 0 Å². The number of aldehydes is 1. The van der Waals surface area contributed by atoms with E-state index in [0.717, 1.165) is 17.2 Å². The van der Waals surface area contributed by atoms with E-state index >= 15 is 0 Å².